The van der Waals surface area contributed by atoms with Crippen LogP contribution in [0.1, 0.15) is 194 Å². The van der Waals surface area contributed by atoms with E-state index in [1.165, 1.54) is 96.3 Å². The number of phosphoric acid groups is 1. The summed E-state index contributed by atoms with van der Waals surface area (Å²) in [5, 5.41) is 0. The molecule has 0 saturated carbocycles. The summed E-state index contributed by atoms with van der Waals surface area (Å²) in [6.07, 6.45) is 39.4. The maximum atomic E-state index is 12.7. The number of likely N-dealkylation sites (N-methyl/N-ethyl adjacent to an activating group) is 1. The van der Waals surface area contributed by atoms with Gasteiger partial charge in [-0.25, -0.2) is 4.57 Å². The van der Waals surface area contributed by atoms with E-state index in [-0.39, 0.29) is 32.0 Å². The number of carbonyl (C=O) groups is 2. The molecule has 1 N–H and O–H groups in total. The highest BCUT2D eigenvalue weighted by Gasteiger charge is 2.27. The van der Waals surface area contributed by atoms with Gasteiger partial charge in [0.05, 0.1) is 27.7 Å². The van der Waals surface area contributed by atoms with Crippen molar-refractivity contribution >= 4 is 19.8 Å². The molecule has 0 rings (SSSR count). The van der Waals surface area contributed by atoms with Crippen LogP contribution in [0.3, 0.4) is 0 Å². The Balaban J connectivity index is 4.31. The van der Waals surface area contributed by atoms with Gasteiger partial charge in [-0.2, -0.15) is 0 Å². The molecule has 0 radical (unpaired) electrons. The molecule has 0 fully saturated rings. The van der Waals surface area contributed by atoms with Crippen molar-refractivity contribution in [3.8, 4) is 0 Å². The number of hydrogen-bond acceptors (Lipinski definition) is 7. The average Bonchev–Trinajstić information content (AvgIpc) is 3.12. The summed E-state index contributed by atoms with van der Waals surface area (Å²) in [6.45, 7) is 4.37. The number of rotatable bonds is 40. The Morgan fingerprint density at radius 1 is 0.556 bits per heavy atom. The number of nitrogens with zero attached hydrogens (tertiary/aromatic N) is 1. The van der Waals surface area contributed by atoms with Crippen molar-refractivity contribution in [2.45, 2.75) is 200 Å². The van der Waals surface area contributed by atoms with Crippen LogP contribution in [0.15, 0.2) is 24.3 Å². The van der Waals surface area contributed by atoms with Gasteiger partial charge in [-0.15, -0.1) is 0 Å². The number of carbonyl (C=O) groups excluding carboxylic acids is 2. The average molecular weight is 787 g/mol. The molecule has 0 bridgehead atoms. The first-order valence-corrected chi connectivity index (χ1v) is 23.6. The minimum Gasteiger partial charge on any atom is -0.462 e. The molecule has 0 aliphatic heterocycles. The number of esters is 2. The van der Waals surface area contributed by atoms with E-state index in [2.05, 4.69) is 38.2 Å². The van der Waals surface area contributed by atoms with Crippen molar-refractivity contribution in [1.29, 1.82) is 0 Å². The first-order chi connectivity index (χ1) is 26.0. The van der Waals surface area contributed by atoms with Crippen molar-refractivity contribution < 1.29 is 42.1 Å². The monoisotopic (exact) mass is 787 g/mol. The summed E-state index contributed by atoms with van der Waals surface area (Å²) in [4.78, 5) is 35.3. The van der Waals surface area contributed by atoms with Crippen molar-refractivity contribution in [3.63, 3.8) is 0 Å². The first-order valence-electron chi connectivity index (χ1n) is 22.1. The summed E-state index contributed by atoms with van der Waals surface area (Å²) in [5.74, 6) is -0.809. The number of unbranched alkanes of at least 4 members (excludes halogenated alkanes) is 22. The Hall–Kier alpha value is -1.51. The number of allylic oxidation sites excluding steroid dienone is 4. The third-order valence-electron chi connectivity index (χ3n) is 9.45. The third kappa shape index (κ3) is 40.2. The highest BCUT2D eigenvalue weighted by molar-refractivity contribution is 7.47. The summed E-state index contributed by atoms with van der Waals surface area (Å²) < 4.78 is 34.3. The molecule has 2 atom stereocenters. The molecule has 0 aromatic heterocycles. The van der Waals surface area contributed by atoms with E-state index < -0.39 is 26.5 Å². The molecular formula is C44H85NO8P+. The second-order valence-electron chi connectivity index (χ2n) is 16.1. The lowest BCUT2D eigenvalue weighted by atomic mass is 10.1. The van der Waals surface area contributed by atoms with E-state index in [0.29, 0.717) is 17.4 Å². The largest absolute Gasteiger partial charge is 0.472 e. The van der Waals surface area contributed by atoms with Crippen molar-refractivity contribution in [3.05, 3.63) is 24.3 Å². The minimum atomic E-state index is -4.37. The predicted octanol–water partition coefficient (Wildman–Crippen LogP) is 12.4. The first kappa shape index (κ1) is 52.5. The van der Waals surface area contributed by atoms with Gasteiger partial charge in [-0.1, -0.05) is 147 Å². The molecular weight excluding hydrogens is 701 g/mol. The molecule has 0 aliphatic carbocycles. The van der Waals surface area contributed by atoms with Crippen LogP contribution in [0.25, 0.3) is 0 Å². The number of phosphoric ester groups is 1. The summed E-state index contributed by atoms with van der Waals surface area (Å²) in [5.41, 5.74) is 0. The van der Waals surface area contributed by atoms with E-state index in [9.17, 15) is 19.0 Å². The van der Waals surface area contributed by atoms with E-state index in [0.717, 1.165) is 64.2 Å². The molecule has 0 aromatic rings. The minimum absolute atomic E-state index is 0.0311. The van der Waals surface area contributed by atoms with E-state index in [4.69, 9.17) is 18.5 Å². The van der Waals surface area contributed by atoms with Crippen LogP contribution >= 0.6 is 7.82 Å². The summed E-state index contributed by atoms with van der Waals surface area (Å²) >= 11 is 0. The van der Waals surface area contributed by atoms with Crippen molar-refractivity contribution in [1.82, 2.24) is 0 Å². The zero-order chi connectivity index (χ0) is 40.0. The van der Waals surface area contributed by atoms with E-state index in [1.54, 1.807) is 0 Å². The highest BCUT2D eigenvalue weighted by Crippen LogP contribution is 2.43. The third-order valence-corrected chi connectivity index (χ3v) is 10.4. The highest BCUT2D eigenvalue weighted by atomic mass is 31.2. The predicted molar refractivity (Wildman–Crippen MR) is 224 cm³/mol. The zero-order valence-electron chi connectivity index (χ0n) is 35.7. The lowest BCUT2D eigenvalue weighted by Gasteiger charge is -2.24. The molecule has 0 heterocycles. The van der Waals surface area contributed by atoms with Gasteiger partial charge in [0.2, 0.25) is 0 Å². The molecule has 10 heteroatoms. The van der Waals surface area contributed by atoms with Gasteiger partial charge in [-0.3, -0.25) is 18.6 Å². The van der Waals surface area contributed by atoms with Crippen LogP contribution in [-0.2, 0) is 32.7 Å². The molecule has 0 amide bonds. The van der Waals surface area contributed by atoms with Gasteiger partial charge < -0.3 is 18.9 Å². The van der Waals surface area contributed by atoms with E-state index in [1.807, 2.05) is 21.1 Å². The van der Waals surface area contributed by atoms with Crippen LogP contribution in [-0.4, -0.2) is 74.9 Å². The second-order valence-corrected chi connectivity index (χ2v) is 17.5. The lowest BCUT2D eigenvalue weighted by Crippen LogP contribution is -2.37. The fourth-order valence-corrected chi connectivity index (χ4v) is 6.67. The van der Waals surface area contributed by atoms with Crippen LogP contribution in [0.5, 0.6) is 0 Å². The van der Waals surface area contributed by atoms with Gasteiger partial charge in [-0.05, 0) is 57.8 Å². The number of ether oxygens (including phenoxy) is 2. The Morgan fingerprint density at radius 3 is 1.43 bits per heavy atom. The lowest BCUT2D eigenvalue weighted by molar-refractivity contribution is -0.870. The van der Waals surface area contributed by atoms with Crippen molar-refractivity contribution in [2.24, 2.45) is 0 Å². The van der Waals surface area contributed by atoms with E-state index >= 15 is 0 Å². The fourth-order valence-electron chi connectivity index (χ4n) is 5.93. The molecule has 318 valence electrons. The topological polar surface area (TPSA) is 108 Å². The summed E-state index contributed by atoms with van der Waals surface area (Å²) in [6, 6.07) is 0. The normalized spacial score (nSPS) is 13.8. The van der Waals surface area contributed by atoms with Gasteiger partial charge in [0.15, 0.2) is 6.10 Å². The molecule has 9 nitrogen and oxygen atoms in total. The van der Waals surface area contributed by atoms with Gasteiger partial charge in [0.25, 0.3) is 0 Å². The van der Waals surface area contributed by atoms with Gasteiger partial charge in [0.1, 0.15) is 19.8 Å². The van der Waals surface area contributed by atoms with Crippen LogP contribution in [0, 0.1) is 0 Å². The SMILES string of the molecule is CCCC/C=C\CCCCCCCC(=O)OC[C@H](COP(=O)(O)OCC[N+](C)(C)C)OC(=O)CCCCCCCCCCC/C=C\CCCCCCCC. The summed E-state index contributed by atoms with van der Waals surface area (Å²) in [7, 11) is 1.47. The Labute approximate surface area is 332 Å². The Morgan fingerprint density at radius 2 is 0.963 bits per heavy atom. The number of quaternary nitrogens is 1. The maximum Gasteiger partial charge on any atom is 0.472 e. The van der Waals surface area contributed by atoms with Gasteiger partial charge >= 0.3 is 19.8 Å². The molecule has 0 spiro atoms. The quantitative estimate of drug-likeness (QED) is 0.0215. The van der Waals surface area contributed by atoms with Crippen LogP contribution in [0.4, 0.5) is 0 Å². The Bertz CT molecular complexity index is 980. The smallest absolute Gasteiger partial charge is 0.462 e. The standard InChI is InChI=1S/C44H84NO8P/c1-6-8-10-12-14-16-18-19-20-21-22-23-24-25-27-29-31-33-35-37-44(47)53-42(41-52-54(48,49)51-39-38-45(3,4)5)40-50-43(46)36-34-32-30-28-26-17-15-13-11-9-7-2/h13,15,19-20,42H,6-12,14,16-18,21-41H2,1-5H3/p+1/b15-13-,20-19-/t42-/m1/s1. The molecule has 0 aromatic carbocycles. The molecule has 0 aliphatic rings. The van der Waals surface area contributed by atoms with Crippen LogP contribution in [0.2, 0.25) is 0 Å². The molecule has 0 saturated heterocycles. The molecule has 54 heavy (non-hydrogen) atoms. The van der Waals surface area contributed by atoms with Crippen molar-refractivity contribution in [2.75, 3.05) is 47.5 Å². The second kappa shape index (κ2) is 37.1. The number of hydrogen-bond donors (Lipinski definition) is 1. The zero-order valence-corrected chi connectivity index (χ0v) is 36.6. The van der Waals surface area contributed by atoms with Gasteiger partial charge in [0, 0.05) is 12.8 Å². The maximum absolute atomic E-state index is 12.7. The molecule has 1 unspecified atom stereocenters. The fraction of sp³-hybridized carbons (Fsp3) is 0.864. The van der Waals surface area contributed by atoms with Crippen LogP contribution < -0.4 is 0 Å². The Kier molecular flexibility index (Phi) is 36.1.